The maximum atomic E-state index is 12.8. The zero-order chi connectivity index (χ0) is 22.9. The summed E-state index contributed by atoms with van der Waals surface area (Å²) in [6.07, 6.45) is 1.24. The highest BCUT2D eigenvalue weighted by Crippen LogP contribution is 2.23. The number of nitrogens with zero attached hydrogens (tertiary/aromatic N) is 1. The molecule has 1 aliphatic rings. The highest BCUT2D eigenvalue weighted by molar-refractivity contribution is 7.12. The summed E-state index contributed by atoms with van der Waals surface area (Å²) in [6, 6.07) is 10.4. The predicted molar refractivity (Wildman–Crippen MR) is 125 cm³/mol. The van der Waals surface area contributed by atoms with Crippen LogP contribution in [0.3, 0.4) is 0 Å². The Morgan fingerprint density at radius 2 is 1.88 bits per heavy atom. The van der Waals surface area contributed by atoms with Gasteiger partial charge in [0.1, 0.15) is 6.04 Å². The number of urea groups is 1. The number of carbonyl (C=O) groups excluding carboxylic acids is 3. The Morgan fingerprint density at radius 1 is 1.16 bits per heavy atom. The Labute approximate surface area is 192 Å². The van der Waals surface area contributed by atoms with E-state index in [0.29, 0.717) is 44.0 Å². The van der Waals surface area contributed by atoms with Crippen LogP contribution in [0, 0.1) is 12.8 Å². The van der Waals surface area contributed by atoms with E-state index in [1.807, 2.05) is 36.6 Å². The second-order valence-corrected chi connectivity index (χ2v) is 8.78. The Hall–Kier alpha value is -2.91. The average Bonchev–Trinajstić information content (AvgIpc) is 3.34. The molecule has 9 heteroatoms. The van der Waals surface area contributed by atoms with Crippen LogP contribution in [0.15, 0.2) is 41.8 Å². The molecular weight excluding hydrogens is 428 g/mol. The number of ether oxygens (including phenoxy) is 1. The Morgan fingerprint density at radius 3 is 2.50 bits per heavy atom. The van der Waals surface area contributed by atoms with Crippen molar-refractivity contribution in [2.45, 2.75) is 25.8 Å². The van der Waals surface area contributed by atoms with Crippen LogP contribution in [0.1, 0.15) is 28.1 Å². The van der Waals surface area contributed by atoms with Gasteiger partial charge in [0.05, 0.1) is 11.5 Å². The number of aryl methyl sites for hydroxylation is 1. The maximum absolute atomic E-state index is 12.8. The van der Waals surface area contributed by atoms with Gasteiger partial charge in [-0.15, -0.1) is 11.3 Å². The molecule has 3 N–H and O–H groups in total. The van der Waals surface area contributed by atoms with Gasteiger partial charge in [-0.2, -0.15) is 0 Å². The van der Waals surface area contributed by atoms with E-state index in [2.05, 4.69) is 16.0 Å². The topological polar surface area (TPSA) is 99.8 Å². The summed E-state index contributed by atoms with van der Waals surface area (Å²) in [5, 5.41) is 10.5. The van der Waals surface area contributed by atoms with Crippen LogP contribution < -0.4 is 16.0 Å². The van der Waals surface area contributed by atoms with Crippen molar-refractivity contribution in [1.82, 2.24) is 15.5 Å². The number of piperidine rings is 1. The molecule has 1 saturated heterocycles. The van der Waals surface area contributed by atoms with Gasteiger partial charge in [0.2, 0.25) is 5.91 Å². The van der Waals surface area contributed by atoms with Gasteiger partial charge in [-0.3, -0.25) is 9.59 Å². The Balaban J connectivity index is 1.59. The number of anilines is 1. The number of amides is 4. The van der Waals surface area contributed by atoms with Gasteiger partial charge in [-0.25, -0.2) is 4.79 Å². The number of benzene rings is 1. The molecule has 1 fully saturated rings. The zero-order valence-corrected chi connectivity index (χ0v) is 19.2. The molecule has 0 saturated carbocycles. The summed E-state index contributed by atoms with van der Waals surface area (Å²) in [7, 11) is 1.57. The Kier molecular flexibility index (Phi) is 8.64. The van der Waals surface area contributed by atoms with Gasteiger partial charge >= 0.3 is 6.03 Å². The van der Waals surface area contributed by atoms with Gasteiger partial charge in [0.25, 0.3) is 5.91 Å². The summed E-state index contributed by atoms with van der Waals surface area (Å²) >= 11 is 1.33. The molecule has 1 unspecified atom stereocenters. The number of hydrogen-bond acceptors (Lipinski definition) is 5. The first kappa shape index (κ1) is 23.7. The molecule has 3 rings (SSSR count). The molecule has 1 aromatic heterocycles. The first-order chi connectivity index (χ1) is 15.5. The first-order valence-electron chi connectivity index (χ1n) is 10.7. The van der Waals surface area contributed by atoms with E-state index in [0.717, 1.165) is 11.3 Å². The summed E-state index contributed by atoms with van der Waals surface area (Å²) in [5.74, 6) is -0.550. The molecule has 2 heterocycles. The lowest BCUT2D eigenvalue weighted by molar-refractivity contribution is -0.124. The van der Waals surface area contributed by atoms with E-state index in [1.165, 1.54) is 11.3 Å². The molecule has 172 valence electrons. The van der Waals surface area contributed by atoms with Crippen LogP contribution in [0.25, 0.3) is 0 Å². The average molecular weight is 459 g/mol. The number of thiophene rings is 1. The second kappa shape index (κ2) is 11.6. The number of rotatable bonds is 8. The third-order valence-corrected chi connectivity index (χ3v) is 6.39. The van der Waals surface area contributed by atoms with Gasteiger partial charge in [-0.1, -0.05) is 23.8 Å². The largest absolute Gasteiger partial charge is 0.383 e. The van der Waals surface area contributed by atoms with Crippen molar-refractivity contribution in [3.05, 3.63) is 52.2 Å². The van der Waals surface area contributed by atoms with Gasteiger partial charge < -0.3 is 25.6 Å². The highest BCUT2D eigenvalue weighted by atomic mass is 32.1. The molecule has 0 radical (unpaired) electrons. The minimum absolute atomic E-state index is 0.0649. The highest BCUT2D eigenvalue weighted by Gasteiger charge is 2.34. The van der Waals surface area contributed by atoms with E-state index in [1.54, 1.807) is 24.1 Å². The van der Waals surface area contributed by atoms with Crippen molar-refractivity contribution < 1.29 is 19.1 Å². The van der Waals surface area contributed by atoms with Crippen molar-refractivity contribution in [3.63, 3.8) is 0 Å². The smallest absolute Gasteiger partial charge is 0.321 e. The van der Waals surface area contributed by atoms with E-state index in [9.17, 15) is 14.4 Å². The molecule has 0 aliphatic carbocycles. The van der Waals surface area contributed by atoms with Crippen LogP contribution in [-0.2, 0) is 9.53 Å². The molecule has 32 heavy (non-hydrogen) atoms. The first-order valence-corrected chi connectivity index (χ1v) is 11.6. The quantitative estimate of drug-likeness (QED) is 0.530. The third-order valence-electron chi connectivity index (χ3n) is 5.52. The standard InChI is InChI=1S/C23H30N4O4S/c1-16-5-7-18(8-6-16)25-23(30)27-12-9-17(10-13-27)20(22(29)24-11-14-31-2)26-21(28)19-4-3-15-32-19/h3-8,15,17,20H,9-14H2,1-2H3,(H,24,29)(H,25,30)(H,26,28). The molecule has 8 nitrogen and oxygen atoms in total. The lowest BCUT2D eigenvalue weighted by atomic mass is 9.88. The van der Waals surface area contributed by atoms with E-state index in [4.69, 9.17) is 4.74 Å². The van der Waals surface area contributed by atoms with Crippen LogP contribution in [-0.4, -0.2) is 62.1 Å². The summed E-state index contributed by atoms with van der Waals surface area (Å²) in [5.41, 5.74) is 1.88. The number of hydrogen-bond donors (Lipinski definition) is 3. The SMILES string of the molecule is COCCNC(=O)C(NC(=O)c1cccs1)C1CCN(C(=O)Nc2ccc(C)cc2)CC1. The fraction of sp³-hybridized carbons (Fsp3) is 0.435. The molecule has 4 amide bonds. The predicted octanol–water partition coefficient (Wildman–Crippen LogP) is 2.86. The van der Waals surface area contributed by atoms with Crippen LogP contribution in [0.5, 0.6) is 0 Å². The number of methoxy groups -OCH3 is 1. The van der Waals surface area contributed by atoms with E-state index >= 15 is 0 Å². The third kappa shape index (κ3) is 6.54. The van der Waals surface area contributed by atoms with Crippen molar-refractivity contribution in [2.24, 2.45) is 5.92 Å². The molecule has 0 spiro atoms. The molecule has 1 aromatic carbocycles. The minimum Gasteiger partial charge on any atom is -0.383 e. The van der Waals surface area contributed by atoms with Gasteiger partial charge in [0.15, 0.2) is 0 Å². The van der Waals surface area contributed by atoms with Crippen molar-refractivity contribution in [2.75, 3.05) is 38.7 Å². The molecule has 1 aliphatic heterocycles. The molecule has 2 aromatic rings. The fourth-order valence-corrected chi connectivity index (χ4v) is 4.31. The van der Waals surface area contributed by atoms with Crippen LogP contribution >= 0.6 is 11.3 Å². The van der Waals surface area contributed by atoms with E-state index in [-0.39, 0.29) is 23.8 Å². The van der Waals surface area contributed by atoms with Crippen molar-refractivity contribution >= 4 is 34.9 Å². The van der Waals surface area contributed by atoms with Gasteiger partial charge in [0, 0.05) is 32.4 Å². The minimum atomic E-state index is -0.663. The molecular formula is C23H30N4O4S. The Bertz CT molecular complexity index is 893. The van der Waals surface area contributed by atoms with Crippen LogP contribution in [0.2, 0.25) is 0 Å². The van der Waals surface area contributed by atoms with Crippen LogP contribution in [0.4, 0.5) is 10.5 Å². The zero-order valence-electron chi connectivity index (χ0n) is 18.4. The fourth-order valence-electron chi connectivity index (χ4n) is 3.68. The summed E-state index contributed by atoms with van der Waals surface area (Å²) < 4.78 is 5.00. The lowest BCUT2D eigenvalue weighted by Gasteiger charge is -2.35. The molecule has 1 atom stereocenters. The normalized spacial score (nSPS) is 15.1. The maximum Gasteiger partial charge on any atom is 0.321 e. The number of likely N-dealkylation sites (tertiary alicyclic amines) is 1. The molecule has 0 bridgehead atoms. The van der Waals surface area contributed by atoms with Crippen molar-refractivity contribution in [3.8, 4) is 0 Å². The number of carbonyl (C=O) groups is 3. The van der Waals surface area contributed by atoms with Gasteiger partial charge in [-0.05, 0) is 49.3 Å². The van der Waals surface area contributed by atoms with Crippen molar-refractivity contribution in [1.29, 1.82) is 0 Å². The monoisotopic (exact) mass is 458 g/mol. The summed E-state index contributed by atoms with van der Waals surface area (Å²) in [6.45, 7) is 3.79. The summed E-state index contributed by atoms with van der Waals surface area (Å²) in [4.78, 5) is 40.4. The second-order valence-electron chi connectivity index (χ2n) is 7.83. The lowest BCUT2D eigenvalue weighted by Crippen LogP contribution is -2.54. The van der Waals surface area contributed by atoms with E-state index < -0.39 is 6.04 Å². The number of nitrogens with one attached hydrogen (secondary N) is 3.